The zero-order chi connectivity index (χ0) is 17.6. The second kappa shape index (κ2) is 8.53. The molecule has 0 unspecified atom stereocenters. The Morgan fingerprint density at radius 1 is 1.28 bits per heavy atom. The molecule has 1 aliphatic heterocycles. The lowest BCUT2D eigenvalue weighted by Gasteiger charge is -2.37. The van der Waals surface area contributed by atoms with E-state index in [9.17, 15) is 0 Å². The van der Waals surface area contributed by atoms with E-state index < -0.39 is 0 Å². The van der Waals surface area contributed by atoms with E-state index in [1.165, 1.54) is 5.00 Å². The van der Waals surface area contributed by atoms with Crippen LogP contribution in [0.1, 0.15) is 12.6 Å². The van der Waals surface area contributed by atoms with Crippen LogP contribution >= 0.6 is 22.7 Å². The summed E-state index contributed by atoms with van der Waals surface area (Å²) in [6.45, 7) is 7.67. The minimum Gasteiger partial charge on any atom is -0.360 e. The molecule has 0 aliphatic carbocycles. The highest BCUT2D eigenvalue weighted by atomic mass is 32.1. The molecular formula is C17H26N6S2. The topological polar surface area (TPSA) is 47.0 Å². The van der Waals surface area contributed by atoms with Gasteiger partial charge in [-0.2, -0.15) is 0 Å². The van der Waals surface area contributed by atoms with Crippen molar-refractivity contribution >= 4 is 38.8 Å². The lowest BCUT2D eigenvalue weighted by Crippen LogP contribution is -2.52. The number of thiazole rings is 1. The second-order valence-electron chi connectivity index (χ2n) is 6.11. The second-order valence-corrected chi connectivity index (χ2v) is 7.87. The van der Waals surface area contributed by atoms with Crippen molar-refractivity contribution in [1.82, 2.24) is 15.2 Å². The maximum absolute atomic E-state index is 4.81. The molecule has 1 aliphatic rings. The number of thiophene rings is 1. The number of hydrogen-bond acceptors (Lipinski definition) is 6. The number of piperazine rings is 1. The molecule has 0 amide bonds. The predicted octanol–water partition coefficient (Wildman–Crippen LogP) is 2.56. The van der Waals surface area contributed by atoms with Gasteiger partial charge in [0, 0.05) is 52.2 Å². The molecule has 0 atom stereocenters. The lowest BCUT2D eigenvalue weighted by molar-refractivity contribution is 0.373. The Morgan fingerprint density at radius 2 is 2.08 bits per heavy atom. The number of guanidine groups is 1. The minimum atomic E-state index is 0.623. The fourth-order valence-corrected chi connectivity index (χ4v) is 4.28. The summed E-state index contributed by atoms with van der Waals surface area (Å²) in [5, 5.41) is 10.1. The average Bonchev–Trinajstić information content (AvgIpc) is 3.30. The van der Waals surface area contributed by atoms with Crippen LogP contribution < -0.4 is 15.1 Å². The normalized spacial score (nSPS) is 15.6. The molecule has 1 saturated heterocycles. The molecule has 136 valence electrons. The van der Waals surface area contributed by atoms with E-state index in [0.29, 0.717) is 6.54 Å². The van der Waals surface area contributed by atoms with E-state index in [2.05, 4.69) is 49.9 Å². The Balaban J connectivity index is 1.60. The Hall–Kier alpha value is -1.80. The van der Waals surface area contributed by atoms with Gasteiger partial charge in [0.15, 0.2) is 11.1 Å². The van der Waals surface area contributed by atoms with Crippen LogP contribution in [0.3, 0.4) is 0 Å². The molecule has 0 spiro atoms. The van der Waals surface area contributed by atoms with Gasteiger partial charge in [-0.05, 0) is 24.4 Å². The molecule has 0 radical (unpaired) electrons. The van der Waals surface area contributed by atoms with Gasteiger partial charge >= 0.3 is 0 Å². The third-order valence-corrected chi connectivity index (χ3v) is 6.03. The van der Waals surface area contributed by atoms with Crippen LogP contribution in [0.25, 0.3) is 0 Å². The molecule has 25 heavy (non-hydrogen) atoms. The number of aromatic nitrogens is 1. The highest BCUT2D eigenvalue weighted by Crippen LogP contribution is 2.22. The highest BCUT2D eigenvalue weighted by Gasteiger charge is 2.20. The van der Waals surface area contributed by atoms with Gasteiger partial charge < -0.3 is 20.0 Å². The predicted molar refractivity (Wildman–Crippen MR) is 109 cm³/mol. The monoisotopic (exact) mass is 378 g/mol. The maximum atomic E-state index is 4.81. The maximum Gasteiger partial charge on any atom is 0.194 e. The minimum absolute atomic E-state index is 0.623. The van der Waals surface area contributed by atoms with Crippen molar-refractivity contribution in [3.05, 3.63) is 28.6 Å². The molecule has 6 nitrogen and oxygen atoms in total. The fourth-order valence-electron chi connectivity index (χ4n) is 2.74. The van der Waals surface area contributed by atoms with Gasteiger partial charge in [0.1, 0.15) is 0 Å². The summed E-state index contributed by atoms with van der Waals surface area (Å²) in [5.41, 5.74) is 1.03. The summed E-state index contributed by atoms with van der Waals surface area (Å²) in [6, 6.07) is 4.32. The quantitative estimate of drug-likeness (QED) is 0.640. The molecule has 2 aromatic rings. The fraction of sp³-hybridized carbons (Fsp3) is 0.529. The first kappa shape index (κ1) is 18.0. The zero-order valence-electron chi connectivity index (χ0n) is 15.1. The van der Waals surface area contributed by atoms with Crippen molar-refractivity contribution in [2.75, 3.05) is 56.6 Å². The van der Waals surface area contributed by atoms with E-state index in [1.54, 1.807) is 11.3 Å². The molecule has 0 bridgehead atoms. The SMILES string of the molecule is CCNC(=NCc1csc(N(C)C)n1)N1CCN(c2cccs2)CC1. The van der Waals surface area contributed by atoms with E-state index in [4.69, 9.17) is 4.99 Å². The van der Waals surface area contributed by atoms with Crippen LogP contribution in [0, 0.1) is 0 Å². The number of anilines is 2. The van der Waals surface area contributed by atoms with E-state index in [-0.39, 0.29) is 0 Å². The van der Waals surface area contributed by atoms with Gasteiger partial charge in [-0.1, -0.05) is 0 Å². The molecule has 0 aromatic carbocycles. The molecule has 8 heteroatoms. The van der Waals surface area contributed by atoms with Crippen molar-refractivity contribution in [3.63, 3.8) is 0 Å². The van der Waals surface area contributed by atoms with Crippen molar-refractivity contribution in [2.45, 2.75) is 13.5 Å². The molecule has 2 aromatic heterocycles. The third kappa shape index (κ3) is 4.64. The lowest BCUT2D eigenvalue weighted by atomic mass is 10.3. The number of nitrogens with zero attached hydrogens (tertiary/aromatic N) is 5. The summed E-state index contributed by atoms with van der Waals surface area (Å²) in [7, 11) is 4.03. The molecule has 1 fully saturated rings. The van der Waals surface area contributed by atoms with Gasteiger partial charge in [-0.15, -0.1) is 22.7 Å². The molecule has 3 heterocycles. The third-order valence-electron chi connectivity index (χ3n) is 4.04. The summed E-state index contributed by atoms with van der Waals surface area (Å²) >= 11 is 3.47. The van der Waals surface area contributed by atoms with Gasteiger partial charge in [0.25, 0.3) is 0 Å². The first-order chi connectivity index (χ1) is 12.2. The summed E-state index contributed by atoms with van der Waals surface area (Å²) in [6.07, 6.45) is 0. The van der Waals surface area contributed by atoms with Gasteiger partial charge in [0.05, 0.1) is 17.2 Å². The van der Waals surface area contributed by atoms with E-state index >= 15 is 0 Å². The van der Waals surface area contributed by atoms with E-state index in [0.717, 1.165) is 49.5 Å². The van der Waals surface area contributed by atoms with Gasteiger partial charge in [-0.25, -0.2) is 9.98 Å². The van der Waals surface area contributed by atoms with Gasteiger partial charge in [-0.3, -0.25) is 0 Å². The Labute approximate surface area is 157 Å². The molecule has 1 N–H and O–H groups in total. The summed E-state index contributed by atoms with van der Waals surface area (Å²) in [4.78, 5) is 16.3. The Morgan fingerprint density at radius 3 is 2.68 bits per heavy atom. The van der Waals surface area contributed by atoms with Crippen LogP contribution in [0.4, 0.5) is 10.1 Å². The van der Waals surface area contributed by atoms with Crippen molar-refractivity contribution in [3.8, 4) is 0 Å². The van der Waals surface area contributed by atoms with Crippen molar-refractivity contribution in [1.29, 1.82) is 0 Å². The van der Waals surface area contributed by atoms with Crippen LogP contribution in [-0.2, 0) is 6.54 Å². The Kier molecular flexibility index (Phi) is 6.14. The van der Waals surface area contributed by atoms with Crippen LogP contribution in [-0.4, -0.2) is 62.7 Å². The van der Waals surface area contributed by atoms with Crippen molar-refractivity contribution in [2.24, 2.45) is 4.99 Å². The standard InChI is InChI=1S/C17H26N6S2/c1-4-18-16(19-12-14-13-25-17(20-14)21(2)3)23-9-7-22(8-10-23)15-6-5-11-24-15/h5-6,11,13H,4,7-10,12H2,1-3H3,(H,18,19). The number of rotatable bonds is 5. The van der Waals surface area contributed by atoms with Crippen LogP contribution in [0.15, 0.2) is 27.9 Å². The van der Waals surface area contributed by atoms with E-state index in [1.807, 2.05) is 30.3 Å². The van der Waals surface area contributed by atoms with Gasteiger partial charge in [0.2, 0.25) is 0 Å². The average molecular weight is 379 g/mol. The first-order valence-corrected chi connectivity index (χ1v) is 10.4. The highest BCUT2D eigenvalue weighted by molar-refractivity contribution is 7.14. The molecular weight excluding hydrogens is 352 g/mol. The number of hydrogen-bond donors (Lipinski definition) is 1. The summed E-state index contributed by atoms with van der Waals surface area (Å²) < 4.78 is 0. The molecule has 0 saturated carbocycles. The smallest absolute Gasteiger partial charge is 0.194 e. The number of nitrogens with one attached hydrogen (secondary N) is 1. The largest absolute Gasteiger partial charge is 0.360 e. The van der Waals surface area contributed by atoms with Crippen LogP contribution in [0.5, 0.6) is 0 Å². The van der Waals surface area contributed by atoms with Crippen LogP contribution in [0.2, 0.25) is 0 Å². The number of aliphatic imine (C=N–C) groups is 1. The zero-order valence-corrected chi connectivity index (χ0v) is 16.7. The van der Waals surface area contributed by atoms with Crippen molar-refractivity contribution < 1.29 is 0 Å². The Bertz CT molecular complexity index is 671. The summed E-state index contributed by atoms with van der Waals surface area (Å²) in [5.74, 6) is 0.993. The first-order valence-electron chi connectivity index (χ1n) is 8.61. The molecule has 3 rings (SSSR count).